The molecule has 2 amide bonds. The van der Waals surface area contributed by atoms with E-state index in [1.807, 2.05) is 0 Å². The van der Waals surface area contributed by atoms with Gasteiger partial charge in [0.2, 0.25) is 5.91 Å². The van der Waals surface area contributed by atoms with Crippen LogP contribution in [0.2, 0.25) is 0 Å². The molecule has 0 aliphatic heterocycles. The molecule has 2 N–H and O–H groups in total. The molecule has 0 saturated carbocycles. The first-order valence-corrected chi connectivity index (χ1v) is 5.77. The molecule has 0 bridgehead atoms. The Morgan fingerprint density at radius 1 is 1.26 bits per heavy atom. The predicted octanol–water partition coefficient (Wildman–Crippen LogP) is 1.43. The number of hydrogen-bond donors (Lipinski definition) is 2. The van der Waals surface area contributed by atoms with Gasteiger partial charge in [0.1, 0.15) is 12.1 Å². The normalized spacial score (nSPS) is 9.89. The van der Waals surface area contributed by atoms with Crippen LogP contribution >= 0.6 is 0 Å². The lowest BCUT2D eigenvalue weighted by atomic mass is 10.3. The highest BCUT2D eigenvalue weighted by Gasteiger charge is 2.07. The van der Waals surface area contributed by atoms with Crippen LogP contribution in [0.4, 0.5) is 5.82 Å². The molecule has 0 unspecified atom stereocenters. The van der Waals surface area contributed by atoms with Crippen LogP contribution in [0.25, 0.3) is 0 Å². The molecular formula is C13H13N3O3. The van der Waals surface area contributed by atoms with E-state index in [1.165, 1.54) is 12.5 Å². The lowest BCUT2D eigenvalue weighted by molar-refractivity contribution is -0.116. The Morgan fingerprint density at radius 2 is 2.16 bits per heavy atom. The summed E-state index contributed by atoms with van der Waals surface area (Å²) in [5, 5.41) is 5.25. The molecular weight excluding hydrogens is 246 g/mol. The summed E-state index contributed by atoms with van der Waals surface area (Å²) >= 11 is 0. The highest BCUT2D eigenvalue weighted by molar-refractivity contribution is 5.94. The average molecular weight is 259 g/mol. The minimum Gasteiger partial charge on any atom is -0.472 e. The van der Waals surface area contributed by atoms with Crippen molar-refractivity contribution in [2.24, 2.45) is 0 Å². The van der Waals surface area contributed by atoms with E-state index in [4.69, 9.17) is 4.42 Å². The number of pyridine rings is 1. The van der Waals surface area contributed by atoms with Gasteiger partial charge in [-0.1, -0.05) is 6.07 Å². The number of nitrogens with one attached hydrogen (secondary N) is 2. The summed E-state index contributed by atoms with van der Waals surface area (Å²) in [7, 11) is 0. The number of nitrogens with zero attached hydrogens (tertiary/aromatic N) is 1. The summed E-state index contributed by atoms with van der Waals surface area (Å²) in [6.45, 7) is 0.253. The van der Waals surface area contributed by atoms with Crippen LogP contribution in [-0.4, -0.2) is 23.3 Å². The van der Waals surface area contributed by atoms with Crippen molar-refractivity contribution in [2.45, 2.75) is 6.42 Å². The minimum absolute atomic E-state index is 0.181. The van der Waals surface area contributed by atoms with Gasteiger partial charge in [-0.3, -0.25) is 9.59 Å². The van der Waals surface area contributed by atoms with E-state index >= 15 is 0 Å². The lowest BCUT2D eigenvalue weighted by Gasteiger charge is -2.05. The summed E-state index contributed by atoms with van der Waals surface area (Å²) < 4.78 is 4.79. The molecule has 0 aromatic carbocycles. The summed E-state index contributed by atoms with van der Waals surface area (Å²) in [4.78, 5) is 27.1. The van der Waals surface area contributed by atoms with Crippen LogP contribution in [0.5, 0.6) is 0 Å². The molecule has 98 valence electrons. The van der Waals surface area contributed by atoms with E-state index in [0.717, 1.165) is 0 Å². The second-order valence-electron chi connectivity index (χ2n) is 3.78. The maximum absolute atomic E-state index is 11.6. The molecule has 0 saturated heterocycles. The van der Waals surface area contributed by atoms with Gasteiger partial charge in [0.25, 0.3) is 5.91 Å². The van der Waals surface area contributed by atoms with E-state index in [-0.39, 0.29) is 24.8 Å². The second-order valence-corrected chi connectivity index (χ2v) is 3.78. The van der Waals surface area contributed by atoms with Crippen molar-refractivity contribution in [3.63, 3.8) is 0 Å². The fraction of sp³-hybridized carbons (Fsp3) is 0.154. The van der Waals surface area contributed by atoms with Gasteiger partial charge in [-0.2, -0.15) is 0 Å². The Hall–Kier alpha value is -2.63. The number of anilines is 1. The zero-order valence-electron chi connectivity index (χ0n) is 10.1. The van der Waals surface area contributed by atoms with E-state index in [2.05, 4.69) is 15.6 Å². The highest BCUT2D eigenvalue weighted by atomic mass is 16.3. The van der Waals surface area contributed by atoms with Gasteiger partial charge < -0.3 is 15.1 Å². The van der Waals surface area contributed by atoms with Crippen molar-refractivity contribution in [1.82, 2.24) is 10.3 Å². The smallest absolute Gasteiger partial charge is 0.254 e. The lowest BCUT2D eigenvalue weighted by Crippen LogP contribution is -2.27. The number of rotatable bonds is 5. The van der Waals surface area contributed by atoms with Gasteiger partial charge in [-0.15, -0.1) is 0 Å². The van der Waals surface area contributed by atoms with Gasteiger partial charge in [0, 0.05) is 19.2 Å². The molecule has 6 heteroatoms. The third-order valence-corrected chi connectivity index (χ3v) is 2.35. The summed E-state index contributed by atoms with van der Waals surface area (Å²) in [6.07, 6.45) is 4.54. The molecule has 0 aliphatic rings. The third kappa shape index (κ3) is 3.95. The largest absolute Gasteiger partial charge is 0.472 e. The van der Waals surface area contributed by atoms with Gasteiger partial charge in [-0.25, -0.2) is 4.98 Å². The van der Waals surface area contributed by atoms with Crippen LogP contribution in [0.3, 0.4) is 0 Å². The zero-order chi connectivity index (χ0) is 13.5. The molecule has 0 fully saturated rings. The Labute approximate surface area is 109 Å². The molecule has 0 radical (unpaired) electrons. The van der Waals surface area contributed by atoms with Crippen molar-refractivity contribution < 1.29 is 14.0 Å². The van der Waals surface area contributed by atoms with Crippen LogP contribution in [-0.2, 0) is 4.79 Å². The molecule has 0 aliphatic carbocycles. The number of carbonyl (C=O) groups excluding carboxylic acids is 2. The number of amides is 2. The summed E-state index contributed by atoms with van der Waals surface area (Å²) in [5.74, 6) is 0.0271. The van der Waals surface area contributed by atoms with Crippen molar-refractivity contribution in [3.8, 4) is 0 Å². The highest BCUT2D eigenvalue weighted by Crippen LogP contribution is 2.01. The van der Waals surface area contributed by atoms with Gasteiger partial charge in [0.15, 0.2) is 0 Å². The Balaban J connectivity index is 1.71. The summed E-state index contributed by atoms with van der Waals surface area (Å²) in [6, 6.07) is 6.80. The number of hydrogen-bond acceptors (Lipinski definition) is 4. The molecule has 0 spiro atoms. The average Bonchev–Trinajstić information content (AvgIpc) is 2.93. The summed E-state index contributed by atoms with van der Waals surface area (Å²) in [5.41, 5.74) is 0.435. The molecule has 19 heavy (non-hydrogen) atoms. The van der Waals surface area contributed by atoms with Crippen LogP contribution < -0.4 is 10.6 Å². The number of furan rings is 1. The minimum atomic E-state index is -0.264. The van der Waals surface area contributed by atoms with Crippen molar-refractivity contribution in [1.29, 1.82) is 0 Å². The fourth-order valence-corrected chi connectivity index (χ4v) is 1.43. The van der Waals surface area contributed by atoms with E-state index in [0.29, 0.717) is 11.4 Å². The van der Waals surface area contributed by atoms with Crippen LogP contribution in [0.1, 0.15) is 16.8 Å². The molecule has 2 rings (SSSR count). The van der Waals surface area contributed by atoms with E-state index < -0.39 is 0 Å². The quantitative estimate of drug-likeness (QED) is 0.850. The molecule has 2 aromatic heterocycles. The molecule has 2 aromatic rings. The number of carbonyl (C=O) groups is 2. The first kappa shape index (κ1) is 12.8. The predicted molar refractivity (Wildman–Crippen MR) is 68.5 cm³/mol. The van der Waals surface area contributed by atoms with Crippen molar-refractivity contribution in [3.05, 3.63) is 48.6 Å². The Kier molecular flexibility index (Phi) is 4.28. The first-order chi connectivity index (χ1) is 9.25. The van der Waals surface area contributed by atoms with E-state index in [9.17, 15) is 9.59 Å². The van der Waals surface area contributed by atoms with Crippen molar-refractivity contribution >= 4 is 17.6 Å². The maximum atomic E-state index is 11.6. The standard InChI is InChI=1S/C13H13N3O3/c17-12(16-11-3-1-2-6-14-11)4-7-15-13(18)10-5-8-19-9-10/h1-3,5-6,8-9H,4,7H2,(H,15,18)(H,14,16,17). The van der Waals surface area contributed by atoms with Gasteiger partial charge in [0.05, 0.1) is 11.8 Å². The monoisotopic (exact) mass is 259 g/mol. The maximum Gasteiger partial charge on any atom is 0.254 e. The van der Waals surface area contributed by atoms with E-state index in [1.54, 1.807) is 30.5 Å². The fourth-order valence-electron chi connectivity index (χ4n) is 1.43. The van der Waals surface area contributed by atoms with Gasteiger partial charge in [-0.05, 0) is 18.2 Å². The van der Waals surface area contributed by atoms with Crippen LogP contribution in [0, 0.1) is 0 Å². The van der Waals surface area contributed by atoms with Crippen molar-refractivity contribution in [2.75, 3.05) is 11.9 Å². The third-order valence-electron chi connectivity index (χ3n) is 2.35. The van der Waals surface area contributed by atoms with Gasteiger partial charge >= 0.3 is 0 Å². The molecule has 0 atom stereocenters. The second kappa shape index (κ2) is 6.34. The number of aromatic nitrogens is 1. The zero-order valence-corrected chi connectivity index (χ0v) is 10.1. The topological polar surface area (TPSA) is 84.2 Å². The first-order valence-electron chi connectivity index (χ1n) is 5.77. The Morgan fingerprint density at radius 3 is 2.84 bits per heavy atom. The Bertz CT molecular complexity index is 538. The molecule has 2 heterocycles. The van der Waals surface area contributed by atoms with Crippen LogP contribution in [0.15, 0.2) is 47.4 Å². The SMILES string of the molecule is O=C(CCNC(=O)c1ccoc1)Nc1ccccn1. The molecule has 6 nitrogen and oxygen atoms in total.